The van der Waals surface area contributed by atoms with E-state index in [4.69, 9.17) is 0 Å². The van der Waals surface area contributed by atoms with Crippen LogP contribution >= 0.6 is 0 Å². The van der Waals surface area contributed by atoms with Crippen molar-refractivity contribution in [2.75, 3.05) is 23.3 Å². The van der Waals surface area contributed by atoms with Crippen LogP contribution in [0.25, 0.3) is 11.1 Å². The van der Waals surface area contributed by atoms with E-state index < -0.39 is 0 Å². The van der Waals surface area contributed by atoms with Crippen LogP contribution in [0.2, 0.25) is 0 Å². The summed E-state index contributed by atoms with van der Waals surface area (Å²) in [6.07, 6.45) is 5.93. The highest BCUT2D eigenvalue weighted by Gasteiger charge is 2.28. The van der Waals surface area contributed by atoms with Crippen LogP contribution in [-0.2, 0) is 17.8 Å². The lowest BCUT2D eigenvalue weighted by atomic mass is 9.96. The molecule has 5 nitrogen and oxygen atoms in total. The van der Waals surface area contributed by atoms with E-state index in [-0.39, 0.29) is 17.9 Å². The second kappa shape index (κ2) is 11.3. The van der Waals surface area contributed by atoms with E-state index in [1.165, 1.54) is 36.0 Å². The van der Waals surface area contributed by atoms with Crippen molar-refractivity contribution in [3.63, 3.8) is 0 Å². The number of benzene rings is 3. The number of fused-ring (bicyclic) bond motifs is 1. The number of aryl methyl sites for hydroxylation is 1. The van der Waals surface area contributed by atoms with Gasteiger partial charge in [-0.25, -0.2) is 0 Å². The van der Waals surface area contributed by atoms with Gasteiger partial charge in [-0.05, 0) is 92.2 Å². The zero-order chi connectivity index (χ0) is 25.8. The summed E-state index contributed by atoms with van der Waals surface area (Å²) in [5, 5.41) is 3.10. The third-order valence-electron chi connectivity index (χ3n) is 7.81. The van der Waals surface area contributed by atoms with Crippen LogP contribution in [0.3, 0.4) is 0 Å². The molecule has 2 heterocycles. The smallest absolute Gasteiger partial charge is 0.255 e. The monoisotopic (exact) mass is 495 g/mol. The fourth-order valence-electron chi connectivity index (χ4n) is 5.57. The van der Waals surface area contributed by atoms with E-state index in [0.29, 0.717) is 12.0 Å². The van der Waals surface area contributed by atoms with Crippen LogP contribution in [0.15, 0.2) is 66.7 Å². The molecule has 5 rings (SSSR count). The molecular weight excluding hydrogens is 458 g/mol. The number of nitrogens with one attached hydrogen (secondary N) is 1. The standard InChI is InChI=1S/C32H37N3O2/c1-3-23(2)35-30-21-28(15-12-25(30)14-17-31(35)36)33-32(37)26-13-16-29(24-10-6-4-7-11-24)27(20-26)22-34-18-8-5-9-19-34/h4,6-7,10-13,15-16,20-21,23H,3,5,8-9,14,17-19,22H2,1-2H3,(H,33,37). The Morgan fingerprint density at radius 2 is 1.73 bits per heavy atom. The van der Waals surface area contributed by atoms with Gasteiger partial charge in [-0.3, -0.25) is 14.5 Å². The molecule has 1 atom stereocenters. The average Bonchev–Trinajstić information content (AvgIpc) is 2.93. The van der Waals surface area contributed by atoms with Gasteiger partial charge in [-0.15, -0.1) is 0 Å². The number of nitrogens with zero attached hydrogens (tertiary/aromatic N) is 2. The predicted molar refractivity (Wildman–Crippen MR) is 151 cm³/mol. The van der Waals surface area contributed by atoms with Crippen LogP contribution in [-0.4, -0.2) is 35.8 Å². The molecule has 192 valence electrons. The van der Waals surface area contributed by atoms with E-state index in [1.54, 1.807) is 0 Å². The number of carbonyl (C=O) groups excluding carboxylic acids is 2. The Hall–Kier alpha value is -3.44. The number of likely N-dealkylation sites (tertiary alicyclic amines) is 1. The van der Waals surface area contributed by atoms with Crippen LogP contribution < -0.4 is 10.2 Å². The van der Waals surface area contributed by atoms with Crippen molar-refractivity contribution >= 4 is 23.2 Å². The summed E-state index contributed by atoms with van der Waals surface area (Å²) in [5.74, 6) is 0.0286. The number of anilines is 2. The first kappa shape index (κ1) is 25.2. The zero-order valence-electron chi connectivity index (χ0n) is 22.0. The van der Waals surface area contributed by atoms with Crippen molar-refractivity contribution in [2.45, 2.75) is 65.0 Å². The number of hydrogen-bond acceptors (Lipinski definition) is 3. The van der Waals surface area contributed by atoms with Gasteiger partial charge >= 0.3 is 0 Å². The molecule has 2 aliphatic rings. The lowest BCUT2D eigenvalue weighted by Crippen LogP contribution is -2.41. The Morgan fingerprint density at radius 3 is 2.49 bits per heavy atom. The number of hydrogen-bond donors (Lipinski definition) is 1. The molecular formula is C32H37N3O2. The van der Waals surface area contributed by atoms with Gasteiger partial charge in [0.1, 0.15) is 0 Å². The van der Waals surface area contributed by atoms with E-state index in [2.05, 4.69) is 60.5 Å². The molecule has 1 fully saturated rings. The number of piperidine rings is 1. The first-order valence-electron chi connectivity index (χ1n) is 13.7. The van der Waals surface area contributed by atoms with Crippen LogP contribution in [0, 0.1) is 0 Å². The lowest BCUT2D eigenvalue weighted by molar-refractivity contribution is -0.119. The second-order valence-corrected chi connectivity index (χ2v) is 10.4. The fourth-order valence-corrected chi connectivity index (χ4v) is 5.57. The van der Waals surface area contributed by atoms with Gasteiger partial charge in [0.25, 0.3) is 5.91 Å². The van der Waals surface area contributed by atoms with Crippen molar-refractivity contribution in [1.29, 1.82) is 0 Å². The van der Waals surface area contributed by atoms with Gasteiger partial charge in [0.2, 0.25) is 5.91 Å². The van der Waals surface area contributed by atoms with Gasteiger partial charge in [-0.2, -0.15) is 0 Å². The first-order chi connectivity index (χ1) is 18.0. The maximum Gasteiger partial charge on any atom is 0.255 e. The molecule has 2 amide bonds. The molecule has 2 aliphatic heterocycles. The molecule has 0 saturated carbocycles. The third kappa shape index (κ3) is 5.62. The second-order valence-electron chi connectivity index (χ2n) is 10.4. The molecule has 1 unspecified atom stereocenters. The van der Waals surface area contributed by atoms with Crippen LogP contribution in [0.1, 0.15) is 67.4 Å². The molecule has 5 heteroatoms. The Morgan fingerprint density at radius 1 is 0.946 bits per heavy atom. The van der Waals surface area contributed by atoms with Gasteiger partial charge in [-0.1, -0.05) is 55.8 Å². The topological polar surface area (TPSA) is 52.7 Å². The lowest BCUT2D eigenvalue weighted by Gasteiger charge is -2.34. The average molecular weight is 496 g/mol. The fraction of sp³-hybridized carbons (Fsp3) is 0.375. The van der Waals surface area contributed by atoms with Crippen molar-refractivity contribution in [3.8, 4) is 11.1 Å². The highest BCUT2D eigenvalue weighted by Crippen LogP contribution is 2.33. The van der Waals surface area contributed by atoms with Crippen molar-refractivity contribution in [2.24, 2.45) is 0 Å². The van der Waals surface area contributed by atoms with Crippen LogP contribution in [0.4, 0.5) is 11.4 Å². The first-order valence-corrected chi connectivity index (χ1v) is 13.7. The normalized spacial score (nSPS) is 16.8. The Labute approximate surface area is 220 Å². The molecule has 3 aromatic carbocycles. The minimum Gasteiger partial charge on any atom is -0.322 e. The van der Waals surface area contributed by atoms with E-state index in [9.17, 15) is 9.59 Å². The molecule has 0 aromatic heterocycles. The van der Waals surface area contributed by atoms with Gasteiger partial charge in [0.05, 0.1) is 0 Å². The zero-order valence-corrected chi connectivity index (χ0v) is 22.0. The highest BCUT2D eigenvalue weighted by molar-refractivity contribution is 6.05. The van der Waals surface area contributed by atoms with Crippen molar-refractivity contribution in [1.82, 2.24) is 4.90 Å². The van der Waals surface area contributed by atoms with Crippen molar-refractivity contribution in [3.05, 3.63) is 83.4 Å². The SMILES string of the molecule is CCC(C)N1C(=O)CCc2ccc(NC(=O)c3ccc(-c4ccccc4)c(CN4CCCCC4)c3)cc21. The summed E-state index contributed by atoms with van der Waals surface area (Å²) < 4.78 is 0. The molecule has 0 radical (unpaired) electrons. The largest absolute Gasteiger partial charge is 0.322 e. The Bertz CT molecular complexity index is 1260. The third-order valence-corrected chi connectivity index (χ3v) is 7.81. The predicted octanol–water partition coefficient (Wildman–Crippen LogP) is 6.67. The Kier molecular flexibility index (Phi) is 7.71. The van der Waals surface area contributed by atoms with Gasteiger partial charge < -0.3 is 10.2 Å². The quantitative estimate of drug-likeness (QED) is 0.398. The van der Waals surface area contributed by atoms with Gasteiger partial charge in [0, 0.05) is 35.9 Å². The summed E-state index contributed by atoms with van der Waals surface area (Å²) in [4.78, 5) is 30.5. The van der Waals surface area contributed by atoms with E-state index in [1.807, 2.05) is 35.2 Å². The van der Waals surface area contributed by atoms with Crippen molar-refractivity contribution < 1.29 is 9.59 Å². The molecule has 37 heavy (non-hydrogen) atoms. The van der Waals surface area contributed by atoms with E-state index >= 15 is 0 Å². The molecule has 0 spiro atoms. The summed E-state index contributed by atoms with van der Waals surface area (Å²) in [5.41, 5.74) is 6.99. The maximum atomic E-state index is 13.4. The number of rotatable bonds is 7. The minimum absolute atomic E-state index is 0.125. The molecule has 1 saturated heterocycles. The maximum absolute atomic E-state index is 13.4. The molecule has 0 bridgehead atoms. The molecule has 3 aromatic rings. The highest BCUT2D eigenvalue weighted by atomic mass is 16.2. The van der Waals surface area contributed by atoms with Crippen LogP contribution in [0.5, 0.6) is 0 Å². The van der Waals surface area contributed by atoms with E-state index in [0.717, 1.165) is 49.4 Å². The summed E-state index contributed by atoms with van der Waals surface area (Å²) in [7, 11) is 0. The summed E-state index contributed by atoms with van der Waals surface area (Å²) >= 11 is 0. The summed E-state index contributed by atoms with van der Waals surface area (Å²) in [6.45, 7) is 7.22. The summed E-state index contributed by atoms with van der Waals surface area (Å²) in [6, 6.07) is 22.6. The number of amides is 2. The number of carbonyl (C=O) groups is 2. The molecule has 0 aliphatic carbocycles. The minimum atomic E-state index is -0.128. The van der Waals surface area contributed by atoms with Gasteiger partial charge in [0.15, 0.2) is 0 Å². The Balaban J connectivity index is 1.41. The molecule has 1 N–H and O–H groups in total.